The van der Waals surface area contributed by atoms with Gasteiger partial charge in [0.25, 0.3) is 0 Å². The van der Waals surface area contributed by atoms with Gasteiger partial charge in [0.2, 0.25) is 0 Å². The highest BCUT2D eigenvalue weighted by atomic mass is 19.1. The molecule has 2 aromatic carbocycles. The number of pyridine rings is 1. The molecule has 2 N–H and O–H groups in total. The van der Waals surface area contributed by atoms with Gasteiger partial charge in [0, 0.05) is 54.6 Å². The number of phenols is 1. The summed E-state index contributed by atoms with van der Waals surface area (Å²) < 4.78 is 52.1. The Kier molecular flexibility index (Phi) is 7.70. The molecular formula is C36H33F3N6O2. The van der Waals surface area contributed by atoms with Crippen LogP contribution in [-0.2, 0) is 0 Å². The van der Waals surface area contributed by atoms with Crippen LogP contribution in [0.5, 0.6) is 11.8 Å². The van der Waals surface area contributed by atoms with Crippen LogP contribution in [-0.4, -0.2) is 76.9 Å². The van der Waals surface area contributed by atoms with Gasteiger partial charge in [0.05, 0.1) is 17.3 Å². The number of fused-ring (bicyclic) bond motifs is 4. The number of benzene rings is 2. The predicted molar refractivity (Wildman–Crippen MR) is 175 cm³/mol. The second-order valence-electron chi connectivity index (χ2n) is 13.0. The maximum absolute atomic E-state index is 17.0. The van der Waals surface area contributed by atoms with Gasteiger partial charge < -0.3 is 25.0 Å². The first-order valence-electron chi connectivity index (χ1n) is 15.5. The summed E-state index contributed by atoms with van der Waals surface area (Å²) in [6.07, 6.45) is 14.9. The van der Waals surface area contributed by atoms with E-state index in [1.165, 1.54) is 24.3 Å². The zero-order valence-corrected chi connectivity index (χ0v) is 26.1. The second-order valence-corrected chi connectivity index (χ2v) is 13.0. The van der Waals surface area contributed by atoms with E-state index < -0.39 is 17.0 Å². The molecule has 8 nitrogen and oxygen atoms in total. The Labute approximate surface area is 270 Å². The number of anilines is 1. The fraction of sp³-hybridized carbons (Fsp3) is 0.361. The first-order valence-corrected chi connectivity index (χ1v) is 15.5. The van der Waals surface area contributed by atoms with Crippen molar-refractivity contribution >= 4 is 27.5 Å². The minimum absolute atomic E-state index is 0.0500. The van der Waals surface area contributed by atoms with E-state index >= 15 is 4.39 Å². The molecule has 3 fully saturated rings. The summed E-state index contributed by atoms with van der Waals surface area (Å²) in [5.74, 6) is 3.58. The van der Waals surface area contributed by atoms with Crippen LogP contribution in [0.3, 0.4) is 0 Å². The van der Waals surface area contributed by atoms with Gasteiger partial charge in [0.15, 0.2) is 5.82 Å². The lowest BCUT2D eigenvalue weighted by Gasteiger charge is -2.40. The lowest BCUT2D eigenvalue weighted by Crippen LogP contribution is -2.51. The Morgan fingerprint density at radius 2 is 1.87 bits per heavy atom. The normalized spacial score (nSPS) is 23.7. The molecular weight excluding hydrogens is 605 g/mol. The zero-order valence-electron chi connectivity index (χ0n) is 26.1. The minimum atomic E-state index is -0.863. The first-order chi connectivity index (χ1) is 22.6. The molecule has 3 saturated heterocycles. The summed E-state index contributed by atoms with van der Waals surface area (Å²) in [4.78, 5) is 18.0. The highest BCUT2D eigenvalue weighted by molar-refractivity contribution is 6.04. The van der Waals surface area contributed by atoms with Crippen molar-refractivity contribution in [1.29, 1.82) is 0 Å². The molecule has 11 heteroatoms. The van der Waals surface area contributed by atoms with Crippen molar-refractivity contribution < 1.29 is 23.0 Å². The number of aromatic hydroxyl groups is 1. The quantitative estimate of drug-likeness (QED) is 0.285. The number of hydrogen-bond acceptors (Lipinski definition) is 8. The van der Waals surface area contributed by atoms with Crippen molar-refractivity contribution in [2.75, 3.05) is 44.7 Å². The molecule has 0 unspecified atom stereocenters. The molecule has 2 aromatic heterocycles. The van der Waals surface area contributed by atoms with Crippen molar-refractivity contribution in [3.63, 3.8) is 0 Å². The molecule has 0 amide bonds. The van der Waals surface area contributed by atoms with Crippen LogP contribution < -0.4 is 15.0 Å². The van der Waals surface area contributed by atoms with Crippen LogP contribution in [0.1, 0.15) is 37.4 Å². The van der Waals surface area contributed by atoms with Gasteiger partial charge in [-0.1, -0.05) is 18.9 Å². The molecule has 3 aliphatic heterocycles. The number of nitrogens with one attached hydrogen (secondary N) is 1. The summed E-state index contributed by atoms with van der Waals surface area (Å²) in [7, 11) is 1.96. The summed E-state index contributed by atoms with van der Waals surface area (Å²) in [6, 6.07) is 5.67. The van der Waals surface area contributed by atoms with Crippen molar-refractivity contribution in [2.24, 2.45) is 5.41 Å². The van der Waals surface area contributed by atoms with Gasteiger partial charge in [-0.2, -0.15) is 9.97 Å². The number of piperidine rings is 1. The van der Waals surface area contributed by atoms with Crippen LogP contribution in [0.15, 0.2) is 36.2 Å². The number of phenolic OH excluding ortho intramolecular Hbond substituents is 1. The SMILES string of the molecule is C#Cc1c(F)ccc2cc(O)cc(-c3nc(C#C)c4c(N5C[C@H]6CC[C@@H](C5)N6)nc(OC[C@]5(C)CN(C)CC/C5=C\F)nc4c3F)c12. The topological polar surface area (TPSA) is 86.6 Å². The number of hydrogen-bond donors (Lipinski definition) is 2. The summed E-state index contributed by atoms with van der Waals surface area (Å²) >= 11 is 0. The minimum Gasteiger partial charge on any atom is -0.508 e. The van der Waals surface area contributed by atoms with Gasteiger partial charge in [-0.3, -0.25) is 0 Å². The Hall–Kier alpha value is -4.84. The molecule has 240 valence electrons. The highest BCUT2D eigenvalue weighted by Crippen LogP contribution is 2.41. The Morgan fingerprint density at radius 1 is 1.11 bits per heavy atom. The van der Waals surface area contributed by atoms with Crippen LogP contribution in [0.25, 0.3) is 32.9 Å². The first kappa shape index (κ1) is 30.8. The van der Waals surface area contributed by atoms with E-state index in [-0.39, 0.29) is 69.3 Å². The Morgan fingerprint density at radius 3 is 2.57 bits per heavy atom. The van der Waals surface area contributed by atoms with Crippen molar-refractivity contribution in [3.05, 3.63) is 59.1 Å². The smallest absolute Gasteiger partial charge is 0.319 e. The van der Waals surface area contributed by atoms with Crippen molar-refractivity contribution in [2.45, 2.75) is 38.3 Å². The summed E-state index contributed by atoms with van der Waals surface area (Å²) in [6.45, 7) is 4.45. The third-order valence-corrected chi connectivity index (χ3v) is 9.66. The molecule has 0 saturated carbocycles. The molecule has 2 bridgehead atoms. The van der Waals surface area contributed by atoms with Gasteiger partial charge in [-0.05, 0) is 61.4 Å². The molecule has 4 aromatic rings. The van der Waals surface area contributed by atoms with Crippen LogP contribution in [0.4, 0.5) is 19.0 Å². The Balaban J connectivity index is 1.44. The average Bonchev–Trinajstić information content (AvgIpc) is 3.40. The lowest BCUT2D eigenvalue weighted by molar-refractivity contribution is 0.109. The second kappa shape index (κ2) is 11.8. The molecule has 3 aliphatic rings. The number of halogens is 3. The fourth-order valence-corrected chi connectivity index (χ4v) is 7.37. The third-order valence-electron chi connectivity index (χ3n) is 9.66. The van der Waals surface area contributed by atoms with E-state index in [0.717, 1.165) is 19.4 Å². The predicted octanol–water partition coefficient (Wildman–Crippen LogP) is 5.31. The highest BCUT2D eigenvalue weighted by Gasteiger charge is 2.37. The molecule has 47 heavy (non-hydrogen) atoms. The monoisotopic (exact) mass is 638 g/mol. The largest absolute Gasteiger partial charge is 0.508 e. The van der Waals surface area contributed by atoms with Crippen molar-refractivity contribution in [1.82, 2.24) is 25.2 Å². The molecule has 3 atom stereocenters. The van der Waals surface area contributed by atoms with Gasteiger partial charge in [0.1, 0.15) is 40.9 Å². The number of likely N-dealkylation sites (tertiary alicyclic amines) is 1. The van der Waals surface area contributed by atoms with Crippen molar-refractivity contribution in [3.8, 4) is 47.7 Å². The third kappa shape index (κ3) is 5.30. The van der Waals surface area contributed by atoms with E-state index in [9.17, 15) is 13.9 Å². The lowest BCUT2D eigenvalue weighted by atomic mass is 9.78. The van der Waals surface area contributed by atoms with Crippen LogP contribution in [0, 0.1) is 41.7 Å². The number of rotatable bonds is 5. The van der Waals surface area contributed by atoms with Gasteiger partial charge in [-0.25, -0.2) is 18.2 Å². The van der Waals surface area contributed by atoms with Crippen LogP contribution >= 0.6 is 0 Å². The van der Waals surface area contributed by atoms with Gasteiger partial charge >= 0.3 is 6.01 Å². The average molecular weight is 639 g/mol. The van der Waals surface area contributed by atoms with E-state index in [4.69, 9.17) is 22.6 Å². The zero-order chi connectivity index (χ0) is 33.0. The molecule has 0 radical (unpaired) electrons. The molecule has 5 heterocycles. The number of aromatic nitrogens is 3. The molecule has 0 aliphatic carbocycles. The molecule has 0 spiro atoms. The summed E-state index contributed by atoms with van der Waals surface area (Å²) in [5.41, 5.74) is -0.424. The van der Waals surface area contributed by atoms with E-state index in [0.29, 0.717) is 49.2 Å². The van der Waals surface area contributed by atoms with Gasteiger partial charge in [-0.15, -0.1) is 12.8 Å². The number of piperazine rings is 1. The van der Waals surface area contributed by atoms with E-state index in [2.05, 4.69) is 36.9 Å². The Bertz CT molecular complexity index is 2040. The fourth-order valence-electron chi connectivity index (χ4n) is 7.37. The maximum atomic E-state index is 17.0. The number of ether oxygens (including phenoxy) is 1. The molecule has 7 rings (SSSR count). The maximum Gasteiger partial charge on any atom is 0.319 e. The van der Waals surface area contributed by atoms with E-state index in [1.807, 2.05) is 14.0 Å². The standard InChI is InChI=1S/C36H33F3N6O2/c1-5-25-27(38)10-7-20-13-24(46)14-26(29(20)25)32-31(39)33-30(28(6-2)41-32)34(45-16-22-8-9-23(17-45)40-22)43-35(42-33)47-19-36(3)18-44(4)12-11-21(36)15-37/h1-2,7,10,13-15,22-23,40,46H,8-9,11-12,16-19H2,3-4H3/b21-15+/t22-,23+,36-/m0/s1. The van der Waals surface area contributed by atoms with Crippen LogP contribution in [0.2, 0.25) is 0 Å². The summed E-state index contributed by atoms with van der Waals surface area (Å²) in [5, 5.41) is 15.0. The number of terminal acetylenes is 2. The van der Waals surface area contributed by atoms with E-state index in [1.54, 1.807) is 0 Å². The number of nitrogens with zero attached hydrogens (tertiary/aromatic N) is 5.